The van der Waals surface area contributed by atoms with Crippen molar-refractivity contribution < 1.29 is 13.9 Å². The molecule has 0 spiro atoms. The minimum atomic E-state index is -2.19. The second kappa shape index (κ2) is 9.05. The summed E-state index contributed by atoms with van der Waals surface area (Å²) in [6.45, 7) is 6.98. The molecule has 1 rings (SSSR count). The Bertz CT molecular complexity index is 314. The van der Waals surface area contributed by atoms with E-state index in [1.165, 1.54) is 19.3 Å². The molecule has 0 N–H and O–H groups in total. The van der Waals surface area contributed by atoms with Gasteiger partial charge in [-0.05, 0) is 31.1 Å². The Morgan fingerprint density at radius 1 is 1.14 bits per heavy atom. The number of halogens is 3. The van der Waals surface area contributed by atoms with Crippen LogP contribution in [-0.2, 0) is 9.47 Å². The highest BCUT2D eigenvalue weighted by atomic mass is 35.5. The maximum absolute atomic E-state index is 13.6. The fourth-order valence-corrected chi connectivity index (χ4v) is 3.68. The molecule has 2 atom stereocenters. The normalized spacial score (nSPS) is 21.8. The minimum absolute atomic E-state index is 0.0913. The number of rotatable bonds is 9. The maximum atomic E-state index is 13.6. The minimum Gasteiger partial charge on any atom is -0.355 e. The molecular weight excluding hydrogens is 326 g/mol. The molecule has 0 amide bonds. The highest BCUT2D eigenvalue weighted by Gasteiger charge is 2.44. The van der Waals surface area contributed by atoms with E-state index in [2.05, 4.69) is 20.8 Å². The molecule has 0 aromatic carbocycles. The molecule has 2 unspecified atom stereocenters. The summed E-state index contributed by atoms with van der Waals surface area (Å²) in [4.78, 5) is 0. The van der Waals surface area contributed by atoms with Crippen LogP contribution in [-0.4, -0.2) is 24.6 Å². The van der Waals surface area contributed by atoms with Crippen LogP contribution < -0.4 is 0 Å². The van der Waals surface area contributed by atoms with Gasteiger partial charge >= 0.3 is 0 Å². The van der Waals surface area contributed by atoms with Gasteiger partial charge in [0, 0.05) is 18.9 Å². The average molecular weight is 357 g/mol. The highest BCUT2D eigenvalue weighted by molar-refractivity contribution is 6.47. The van der Waals surface area contributed by atoms with E-state index in [-0.39, 0.29) is 18.1 Å². The van der Waals surface area contributed by atoms with Crippen LogP contribution in [0.1, 0.15) is 65.7 Å². The van der Waals surface area contributed by atoms with Gasteiger partial charge in [0.25, 0.3) is 4.59 Å². The van der Waals surface area contributed by atoms with E-state index < -0.39 is 4.59 Å². The predicted molar refractivity (Wildman–Crippen MR) is 91.0 cm³/mol. The fraction of sp³-hybridized carbons (Fsp3) is 1.00. The zero-order valence-corrected chi connectivity index (χ0v) is 15.9. The van der Waals surface area contributed by atoms with Crippen molar-refractivity contribution in [2.75, 3.05) is 13.7 Å². The Kier molecular flexibility index (Phi) is 8.43. The van der Waals surface area contributed by atoms with Crippen molar-refractivity contribution in [1.82, 2.24) is 0 Å². The zero-order valence-electron chi connectivity index (χ0n) is 14.3. The van der Waals surface area contributed by atoms with Gasteiger partial charge in [-0.2, -0.15) is 0 Å². The van der Waals surface area contributed by atoms with Crippen LogP contribution in [0, 0.1) is 17.3 Å². The Morgan fingerprint density at radius 3 is 2.18 bits per heavy atom. The quantitative estimate of drug-likeness (QED) is 0.367. The molecule has 2 nitrogen and oxygen atoms in total. The molecule has 1 aliphatic rings. The lowest BCUT2D eigenvalue weighted by Gasteiger charge is -2.45. The lowest BCUT2D eigenvalue weighted by atomic mass is 9.67. The van der Waals surface area contributed by atoms with Crippen molar-refractivity contribution >= 4 is 23.2 Å². The summed E-state index contributed by atoms with van der Waals surface area (Å²) < 4.78 is 23.1. The largest absolute Gasteiger partial charge is 0.355 e. The lowest BCUT2D eigenvalue weighted by Crippen LogP contribution is -2.44. The Labute approximate surface area is 145 Å². The van der Waals surface area contributed by atoms with Crippen molar-refractivity contribution in [3.8, 4) is 0 Å². The lowest BCUT2D eigenvalue weighted by molar-refractivity contribution is -0.215. The second-order valence-corrected chi connectivity index (χ2v) is 8.64. The molecule has 0 radical (unpaired) electrons. The summed E-state index contributed by atoms with van der Waals surface area (Å²) in [5, 5.41) is 0. The fourth-order valence-electron chi connectivity index (χ4n) is 3.50. The number of methoxy groups -OCH3 is 1. The first-order valence-corrected chi connectivity index (χ1v) is 9.16. The van der Waals surface area contributed by atoms with Crippen molar-refractivity contribution in [2.24, 2.45) is 17.3 Å². The molecule has 0 heterocycles. The zero-order chi connectivity index (χ0) is 16.8. The van der Waals surface area contributed by atoms with Crippen molar-refractivity contribution in [3.63, 3.8) is 0 Å². The third-order valence-corrected chi connectivity index (χ3v) is 5.20. The summed E-state index contributed by atoms with van der Waals surface area (Å²) >= 11 is 11.1. The van der Waals surface area contributed by atoms with Crippen LogP contribution in [0.15, 0.2) is 0 Å². The predicted octanol–water partition coefficient (Wildman–Crippen LogP) is 6.10. The summed E-state index contributed by atoms with van der Waals surface area (Å²) in [6.07, 6.45) is 6.25. The summed E-state index contributed by atoms with van der Waals surface area (Å²) in [6, 6.07) is 0. The molecule has 0 aromatic heterocycles. The standard InChI is InChI=1S/C17H31Cl2FO2/c1-13(2)12-22-15(21-4)16(3,10-11-17(18,19)20)14-8-6-5-7-9-14/h13-15H,5-12H2,1-4H3. The first-order valence-electron chi connectivity index (χ1n) is 8.40. The van der Waals surface area contributed by atoms with Gasteiger partial charge in [-0.15, -0.1) is 0 Å². The van der Waals surface area contributed by atoms with Crippen LogP contribution in [0.25, 0.3) is 0 Å². The number of hydrogen-bond donors (Lipinski definition) is 0. The maximum Gasteiger partial charge on any atom is 0.257 e. The molecule has 22 heavy (non-hydrogen) atoms. The number of ether oxygens (including phenoxy) is 2. The summed E-state index contributed by atoms with van der Waals surface area (Å²) in [5.74, 6) is 0.878. The first kappa shape index (κ1) is 20.5. The summed E-state index contributed by atoms with van der Waals surface area (Å²) in [7, 11) is 1.66. The van der Waals surface area contributed by atoms with Crippen LogP contribution >= 0.6 is 23.2 Å². The molecule has 1 saturated carbocycles. The van der Waals surface area contributed by atoms with Gasteiger partial charge < -0.3 is 9.47 Å². The molecule has 0 bridgehead atoms. The highest BCUT2D eigenvalue weighted by Crippen LogP contribution is 2.47. The van der Waals surface area contributed by atoms with Crippen LogP contribution in [0.5, 0.6) is 0 Å². The summed E-state index contributed by atoms with van der Waals surface area (Å²) in [5.41, 5.74) is -0.273. The van der Waals surface area contributed by atoms with Crippen LogP contribution in [0.2, 0.25) is 0 Å². The molecule has 0 saturated heterocycles. The van der Waals surface area contributed by atoms with Gasteiger partial charge in [-0.25, -0.2) is 4.39 Å². The molecule has 1 aliphatic carbocycles. The van der Waals surface area contributed by atoms with E-state index in [1.54, 1.807) is 7.11 Å². The van der Waals surface area contributed by atoms with E-state index in [4.69, 9.17) is 32.7 Å². The van der Waals surface area contributed by atoms with E-state index in [1.807, 2.05) is 0 Å². The first-order chi connectivity index (χ1) is 10.2. The van der Waals surface area contributed by atoms with Crippen LogP contribution in [0.4, 0.5) is 4.39 Å². The van der Waals surface area contributed by atoms with Gasteiger partial charge in [0.1, 0.15) is 0 Å². The van der Waals surface area contributed by atoms with E-state index in [0.717, 1.165) is 12.8 Å². The average Bonchev–Trinajstić information content (AvgIpc) is 2.45. The third kappa shape index (κ3) is 6.51. The van der Waals surface area contributed by atoms with E-state index in [9.17, 15) is 4.39 Å². The van der Waals surface area contributed by atoms with Gasteiger partial charge in [-0.1, -0.05) is 63.2 Å². The van der Waals surface area contributed by atoms with Gasteiger partial charge in [0.2, 0.25) is 0 Å². The smallest absolute Gasteiger partial charge is 0.257 e. The monoisotopic (exact) mass is 356 g/mol. The second-order valence-electron chi connectivity index (χ2n) is 7.25. The van der Waals surface area contributed by atoms with Crippen molar-refractivity contribution in [2.45, 2.75) is 76.6 Å². The Hall–Kier alpha value is 0.430. The molecule has 0 aliphatic heterocycles. The van der Waals surface area contributed by atoms with E-state index >= 15 is 0 Å². The molecule has 0 aromatic rings. The third-order valence-electron chi connectivity index (χ3n) is 4.82. The van der Waals surface area contributed by atoms with Gasteiger partial charge in [0.05, 0.1) is 6.61 Å². The van der Waals surface area contributed by atoms with Crippen molar-refractivity contribution in [3.05, 3.63) is 0 Å². The van der Waals surface area contributed by atoms with E-state index in [0.29, 0.717) is 24.9 Å². The topological polar surface area (TPSA) is 18.5 Å². The Balaban J connectivity index is 2.85. The molecule has 1 fully saturated rings. The van der Waals surface area contributed by atoms with Gasteiger partial charge in [0.15, 0.2) is 6.29 Å². The van der Waals surface area contributed by atoms with Crippen molar-refractivity contribution in [1.29, 1.82) is 0 Å². The molecule has 5 heteroatoms. The number of alkyl halides is 3. The SMILES string of the molecule is COC(OCC(C)C)C(C)(CCC(F)(Cl)Cl)C1CCCCC1. The molecule has 132 valence electrons. The van der Waals surface area contributed by atoms with Gasteiger partial charge in [-0.3, -0.25) is 0 Å². The number of hydrogen-bond acceptors (Lipinski definition) is 2. The Morgan fingerprint density at radius 2 is 1.73 bits per heavy atom. The van der Waals surface area contributed by atoms with Crippen LogP contribution in [0.3, 0.4) is 0 Å². The molecular formula is C17H31Cl2FO2.